The first-order chi connectivity index (χ1) is 10.8. The number of benzene rings is 1. The molecule has 2 aromatic rings. The molecule has 0 bridgehead atoms. The Kier molecular flexibility index (Phi) is 5.47. The SMILES string of the molecule is Fc1cccc(Cl)c1[C@@H](CNCc1cccs1)N1CCCC1. The topological polar surface area (TPSA) is 15.3 Å². The maximum atomic E-state index is 14.3. The van der Waals surface area contributed by atoms with Crippen molar-refractivity contribution in [3.8, 4) is 0 Å². The minimum atomic E-state index is -0.206. The summed E-state index contributed by atoms with van der Waals surface area (Å²) in [5, 5.41) is 6.06. The van der Waals surface area contributed by atoms with Crippen LogP contribution in [0.5, 0.6) is 0 Å². The van der Waals surface area contributed by atoms with Crippen LogP contribution in [0.15, 0.2) is 35.7 Å². The van der Waals surface area contributed by atoms with E-state index in [9.17, 15) is 4.39 Å². The summed E-state index contributed by atoms with van der Waals surface area (Å²) < 4.78 is 14.3. The van der Waals surface area contributed by atoms with E-state index >= 15 is 0 Å². The molecule has 1 atom stereocenters. The molecular weight excluding hydrogens is 319 g/mol. The van der Waals surface area contributed by atoms with Gasteiger partial charge in [0.1, 0.15) is 5.82 Å². The van der Waals surface area contributed by atoms with Gasteiger partial charge in [-0.15, -0.1) is 11.3 Å². The molecule has 1 saturated heterocycles. The van der Waals surface area contributed by atoms with E-state index in [4.69, 9.17) is 11.6 Å². The Balaban J connectivity index is 1.75. The van der Waals surface area contributed by atoms with Gasteiger partial charge in [-0.1, -0.05) is 23.7 Å². The van der Waals surface area contributed by atoms with E-state index in [1.54, 1.807) is 23.5 Å². The van der Waals surface area contributed by atoms with E-state index in [2.05, 4.69) is 21.7 Å². The van der Waals surface area contributed by atoms with Crippen LogP contribution in [-0.2, 0) is 6.54 Å². The lowest BCUT2D eigenvalue weighted by atomic mass is 10.0. The molecule has 0 radical (unpaired) electrons. The number of nitrogens with zero attached hydrogens (tertiary/aromatic N) is 1. The molecule has 1 aromatic carbocycles. The smallest absolute Gasteiger partial charge is 0.129 e. The largest absolute Gasteiger partial charge is 0.310 e. The molecule has 118 valence electrons. The molecule has 5 heteroatoms. The minimum Gasteiger partial charge on any atom is -0.310 e. The summed E-state index contributed by atoms with van der Waals surface area (Å²) in [4.78, 5) is 3.63. The van der Waals surface area contributed by atoms with Gasteiger partial charge in [-0.05, 0) is 49.5 Å². The normalized spacial score (nSPS) is 17.0. The van der Waals surface area contributed by atoms with Crippen molar-refractivity contribution >= 4 is 22.9 Å². The van der Waals surface area contributed by atoms with Crippen molar-refractivity contribution < 1.29 is 4.39 Å². The van der Waals surface area contributed by atoms with Crippen molar-refractivity contribution in [1.82, 2.24) is 10.2 Å². The molecule has 1 N–H and O–H groups in total. The molecule has 22 heavy (non-hydrogen) atoms. The van der Waals surface area contributed by atoms with Crippen LogP contribution < -0.4 is 5.32 Å². The maximum absolute atomic E-state index is 14.3. The summed E-state index contributed by atoms with van der Waals surface area (Å²) in [5.74, 6) is -0.206. The Labute approximate surface area is 139 Å². The van der Waals surface area contributed by atoms with Gasteiger partial charge in [0, 0.05) is 28.6 Å². The number of halogens is 2. The van der Waals surface area contributed by atoms with Crippen LogP contribution >= 0.6 is 22.9 Å². The predicted molar refractivity (Wildman–Crippen MR) is 91.0 cm³/mol. The fraction of sp³-hybridized carbons (Fsp3) is 0.412. The number of hydrogen-bond donors (Lipinski definition) is 1. The second-order valence-corrected chi connectivity index (χ2v) is 7.04. The van der Waals surface area contributed by atoms with Crippen molar-refractivity contribution in [2.24, 2.45) is 0 Å². The molecule has 0 saturated carbocycles. The molecule has 1 aliphatic rings. The van der Waals surface area contributed by atoms with Gasteiger partial charge < -0.3 is 5.32 Å². The molecule has 2 nitrogen and oxygen atoms in total. The van der Waals surface area contributed by atoms with Crippen LogP contribution in [0.4, 0.5) is 4.39 Å². The Morgan fingerprint density at radius 1 is 1.23 bits per heavy atom. The fourth-order valence-electron chi connectivity index (χ4n) is 3.04. The average Bonchev–Trinajstić information content (AvgIpc) is 3.19. The highest BCUT2D eigenvalue weighted by Gasteiger charge is 2.27. The molecule has 1 fully saturated rings. The monoisotopic (exact) mass is 338 g/mol. The van der Waals surface area contributed by atoms with E-state index in [0.717, 1.165) is 19.6 Å². The second kappa shape index (κ2) is 7.55. The van der Waals surface area contributed by atoms with Crippen LogP contribution in [0.2, 0.25) is 5.02 Å². The molecule has 0 spiro atoms. The molecule has 1 aromatic heterocycles. The first-order valence-corrected chi connectivity index (χ1v) is 8.92. The molecule has 0 unspecified atom stereocenters. The van der Waals surface area contributed by atoms with Crippen molar-refractivity contribution in [1.29, 1.82) is 0 Å². The van der Waals surface area contributed by atoms with E-state index < -0.39 is 0 Å². The van der Waals surface area contributed by atoms with Gasteiger partial charge >= 0.3 is 0 Å². The number of likely N-dealkylation sites (tertiary alicyclic amines) is 1. The van der Waals surface area contributed by atoms with Crippen molar-refractivity contribution in [3.05, 3.63) is 57.0 Å². The lowest BCUT2D eigenvalue weighted by Gasteiger charge is -2.29. The minimum absolute atomic E-state index is 0.00355. The van der Waals surface area contributed by atoms with Gasteiger partial charge in [0.05, 0.1) is 6.04 Å². The van der Waals surface area contributed by atoms with Gasteiger partial charge in [-0.3, -0.25) is 4.90 Å². The maximum Gasteiger partial charge on any atom is 0.129 e. The average molecular weight is 339 g/mol. The number of nitrogens with one attached hydrogen (secondary N) is 1. The van der Waals surface area contributed by atoms with Crippen molar-refractivity contribution in [2.45, 2.75) is 25.4 Å². The predicted octanol–water partition coefficient (Wildman–Crippen LogP) is 4.47. The highest BCUT2D eigenvalue weighted by molar-refractivity contribution is 7.09. The Bertz CT molecular complexity index is 576. The Morgan fingerprint density at radius 2 is 2.05 bits per heavy atom. The highest BCUT2D eigenvalue weighted by Crippen LogP contribution is 2.32. The number of hydrogen-bond acceptors (Lipinski definition) is 3. The first-order valence-electron chi connectivity index (χ1n) is 7.67. The third kappa shape index (κ3) is 3.69. The molecular formula is C17H20ClFN2S. The molecule has 3 rings (SSSR count). The Hall–Kier alpha value is -0.940. The summed E-state index contributed by atoms with van der Waals surface area (Å²) >= 11 is 8.02. The van der Waals surface area contributed by atoms with Gasteiger partial charge in [0.15, 0.2) is 0 Å². The molecule has 0 aliphatic carbocycles. The van der Waals surface area contributed by atoms with Gasteiger partial charge in [0.25, 0.3) is 0 Å². The summed E-state index contributed by atoms with van der Waals surface area (Å²) in [5.41, 5.74) is 0.629. The highest BCUT2D eigenvalue weighted by atomic mass is 35.5. The summed E-state index contributed by atoms with van der Waals surface area (Å²) in [7, 11) is 0. The van der Waals surface area contributed by atoms with Gasteiger partial charge in [0.2, 0.25) is 0 Å². The fourth-order valence-corrected chi connectivity index (χ4v) is 4.00. The van der Waals surface area contributed by atoms with Crippen LogP contribution in [0.25, 0.3) is 0 Å². The lowest BCUT2D eigenvalue weighted by molar-refractivity contribution is 0.233. The van der Waals surface area contributed by atoms with E-state index in [-0.39, 0.29) is 11.9 Å². The third-order valence-corrected chi connectivity index (χ3v) is 5.34. The van der Waals surface area contributed by atoms with E-state index in [1.807, 2.05) is 6.07 Å². The van der Waals surface area contributed by atoms with E-state index in [1.165, 1.54) is 23.8 Å². The Morgan fingerprint density at radius 3 is 2.73 bits per heavy atom. The summed E-state index contributed by atoms with van der Waals surface area (Å²) in [6.07, 6.45) is 2.35. The quantitative estimate of drug-likeness (QED) is 0.836. The first kappa shape index (κ1) is 15.9. The van der Waals surface area contributed by atoms with Crippen molar-refractivity contribution in [3.63, 3.8) is 0 Å². The number of rotatable bonds is 6. The van der Waals surface area contributed by atoms with Crippen LogP contribution in [0.1, 0.15) is 29.3 Å². The second-order valence-electron chi connectivity index (χ2n) is 5.60. The molecule has 1 aliphatic heterocycles. The molecule has 2 heterocycles. The van der Waals surface area contributed by atoms with Gasteiger partial charge in [-0.2, -0.15) is 0 Å². The van der Waals surface area contributed by atoms with Crippen LogP contribution in [-0.4, -0.2) is 24.5 Å². The standard InChI is InChI=1S/C17H20ClFN2S/c18-14-6-3-7-15(19)17(14)16(21-8-1-2-9-21)12-20-11-13-5-4-10-22-13/h3-7,10,16,20H,1-2,8-9,11-12H2/t16-/m1/s1. The van der Waals surface area contributed by atoms with Crippen molar-refractivity contribution in [2.75, 3.05) is 19.6 Å². The zero-order valence-corrected chi connectivity index (χ0v) is 14.0. The zero-order valence-electron chi connectivity index (χ0n) is 12.4. The zero-order chi connectivity index (χ0) is 15.4. The summed E-state index contributed by atoms with van der Waals surface area (Å²) in [6, 6.07) is 9.11. The van der Waals surface area contributed by atoms with Crippen LogP contribution in [0.3, 0.4) is 0 Å². The van der Waals surface area contributed by atoms with Gasteiger partial charge in [-0.25, -0.2) is 4.39 Å². The van der Waals surface area contributed by atoms with Crippen LogP contribution in [0, 0.1) is 5.82 Å². The third-order valence-electron chi connectivity index (χ3n) is 4.13. The summed E-state index contributed by atoms with van der Waals surface area (Å²) in [6.45, 7) is 3.54. The van der Waals surface area contributed by atoms with E-state index in [0.29, 0.717) is 17.1 Å². The molecule has 0 amide bonds. The number of thiophene rings is 1. The lowest BCUT2D eigenvalue weighted by Crippen LogP contribution is -2.34.